The van der Waals surface area contributed by atoms with Crippen molar-refractivity contribution < 1.29 is 0 Å². The Bertz CT molecular complexity index is 132. The van der Waals surface area contributed by atoms with Crippen LogP contribution < -0.4 is 0 Å². The van der Waals surface area contributed by atoms with Crippen LogP contribution in [0.3, 0.4) is 0 Å². The zero-order valence-corrected chi connectivity index (χ0v) is 4.73. The first-order valence-corrected chi connectivity index (χ1v) is 2.49. The van der Waals surface area contributed by atoms with Crippen molar-refractivity contribution in [2.45, 2.75) is 13.8 Å². The van der Waals surface area contributed by atoms with E-state index in [-0.39, 0.29) is 0 Å². The van der Waals surface area contributed by atoms with Crippen molar-refractivity contribution in [1.82, 2.24) is 0 Å². The zero-order chi connectivity index (χ0) is 5.28. The van der Waals surface area contributed by atoms with Crippen molar-refractivity contribution in [3.8, 4) is 0 Å². The first-order valence-electron chi connectivity index (χ1n) is 2.49. The van der Waals surface area contributed by atoms with Crippen molar-refractivity contribution in [2.75, 3.05) is 0 Å². The molecule has 1 rings (SSSR count). The molecule has 1 aromatic carbocycles. The van der Waals surface area contributed by atoms with Gasteiger partial charge in [0.25, 0.3) is 0 Å². The maximum Gasteiger partial charge on any atom is -0.0860 e. The second kappa shape index (κ2) is 1.45. The van der Waals surface area contributed by atoms with Gasteiger partial charge in [-0.3, -0.25) is 0 Å². The zero-order valence-electron chi connectivity index (χ0n) is 4.73. The number of hydrogen-bond donors (Lipinski definition) is 0. The van der Waals surface area contributed by atoms with Gasteiger partial charge in [0.05, 0.1) is 0 Å². The van der Waals surface area contributed by atoms with Crippen molar-refractivity contribution in [2.24, 2.45) is 0 Å². The van der Waals surface area contributed by atoms with Crippen LogP contribution in [0.1, 0.15) is 11.1 Å². The Morgan fingerprint density at radius 3 is 2.43 bits per heavy atom. The van der Waals surface area contributed by atoms with E-state index in [2.05, 4.69) is 32.0 Å². The molecule has 0 atom stereocenters. The monoisotopic (exact) mass is 93.1 g/mol. The van der Waals surface area contributed by atoms with Gasteiger partial charge in [-0.1, -0.05) is 13.8 Å². The number of hydrogen-bond acceptors (Lipinski definition) is 0. The van der Waals surface area contributed by atoms with Gasteiger partial charge < -0.3 is 0 Å². The molecule has 0 aliphatic carbocycles. The van der Waals surface area contributed by atoms with Gasteiger partial charge in [-0.2, -0.15) is 17.7 Å². The van der Waals surface area contributed by atoms with Crippen LogP contribution in [0.5, 0.6) is 0 Å². The van der Waals surface area contributed by atoms with Gasteiger partial charge in [0.1, 0.15) is 0 Å². The van der Waals surface area contributed by atoms with E-state index in [1.807, 2.05) is 0 Å². The van der Waals surface area contributed by atoms with Crippen LogP contribution in [0.4, 0.5) is 0 Å². The fourth-order valence-corrected chi connectivity index (χ4v) is 0.718. The quantitative estimate of drug-likeness (QED) is 0.430. The molecular weight excluding hydrogens is 84.1 g/mol. The Hall–Kier alpha value is -0.650. The fraction of sp³-hybridized carbons (Fsp3) is 0.286. The molecule has 7 heavy (non-hydrogen) atoms. The summed E-state index contributed by atoms with van der Waals surface area (Å²) in [5, 5.41) is 0. The number of aryl methyl sites for hydroxylation is 2. The third-order valence-electron chi connectivity index (χ3n) is 1.06. The normalized spacial score (nSPS) is 9.43. The molecule has 0 aliphatic rings. The van der Waals surface area contributed by atoms with E-state index in [0.29, 0.717) is 0 Å². The lowest BCUT2D eigenvalue weighted by molar-refractivity contribution is 1.50. The van der Waals surface area contributed by atoms with Crippen LogP contribution in [0.25, 0.3) is 0 Å². The Morgan fingerprint density at radius 2 is 2.29 bits per heavy atom. The summed E-state index contributed by atoms with van der Waals surface area (Å²) in [7, 11) is 0. The van der Waals surface area contributed by atoms with Crippen LogP contribution in [0, 0.1) is 13.8 Å². The van der Waals surface area contributed by atoms with E-state index in [1.165, 1.54) is 11.1 Å². The fourth-order valence-electron chi connectivity index (χ4n) is 0.718. The molecule has 0 heteroatoms. The van der Waals surface area contributed by atoms with E-state index in [9.17, 15) is 0 Å². The highest BCUT2D eigenvalue weighted by Gasteiger charge is 1.71. The maximum absolute atomic E-state index is 2.17. The third kappa shape index (κ3) is 0.861. The molecule has 0 N–H and O–H groups in total. The highest BCUT2D eigenvalue weighted by molar-refractivity contribution is 5.22. The standard InChI is InChI=1S/C7H9/c1-6-3-4-7(2)5-6/h3-5H,1-2H3/q-1. The summed E-state index contributed by atoms with van der Waals surface area (Å²) in [5.41, 5.74) is 2.72. The lowest BCUT2D eigenvalue weighted by Crippen LogP contribution is -1.53. The van der Waals surface area contributed by atoms with Gasteiger partial charge in [0.2, 0.25) is 0 Å². The Balaban J connectivity index is 3.04. The molecule has 0 fully saturated rings. The van der Waals surface area contributed by atoms with Crippen LogP contribution in [-0.2, 0) is 0 Å². The minimum absolute atomic E-state index is 1.36. The Kier molecular flexibility index (Phi) is 0.935. The van der Waals surface area contributed by atoms with E-state index in [0.717, 1.165) is 0 Å². The van der Waals surface area contributed by atoms with E-state index in [4.69, 9.17) is 0 Å². The summed E-state index contributed by atoms with van der Waals surface area (Å²) in [6, 6.07) is 6.41. The van der Waals surface area contributed by atoms with Gasteiger partial charge in [0, 0.05) is 0 Å². The largest absolute Gasteiger partial charge is 0.211 e. The molecule has 0 aromatic heterocycles. The average Bonchev–Trinajstić information content (AvgIpc) is 1.87. The molecule has 0 unspecified atom stereocenters. The second-order valence-corrected chi connectivity index (χ2v) is 1.97. The van der Waals surface area contributed by atoms with Crippen molar-refractivity contribution in [3.05, 3.63) is 29.3 Å². The smallest absolute Gasteiger partial charge is 0.0860 e. The molecule has 0 spiro atoms. The van der Waals surface area contributed by atoms with Gasteiger partial charge >= 0.3 is 0 Å². The van der Waals surface area contributed by atoms with Crippen LogP contribution in [0.2, 0.25) is 0 Å². The molecule has 38 valence electrons. The molecule has 0 aliphatic heterocycles. The predicted molar refractivity (Wildman–Crippen MR) is 31.5 cm³/mol. The highest BCUT2D eigenvalue weighted by atomic mass is 13.9. The summed E-state index contributed by atoms with van der Waals surface area (Å²) in [6.07, 6.45) is 0. The molecule has 0 saturated carbocycles. The van der Waals surface area contributed by atoms with E-state index in [1.54, 1.807) is 0 Å². The topological polar surface area (TPSA) is 0 Å². The summed E-state index contributed by atoms with van der Waals surface area (Å²) in [5.74, 6) is 0. The molecular formula is C7H9-. The molecule has 0 nitrogen and oxygen atoms in total. The lowest BCUT2D eigenvalue weighted by atomic mass is 10.3. The third-order valence-corrected chi connectivity index (χ3v) is 1.06. The van der Waals surface area contributed by atoms with Gasteiger partial charge in [-0.15, -0.1) is 0 Å². The first-order chi connectivity index (χ1) is 3.29. The summed E-state index contributed by atoms with van der Waals surface area (Å²) in [4.78, 5) is 0. The van der Waals surface area contributed by atoms with Gasteiger partial charge in [0.15, 0.2) is 0 Å². The molecule has 1 aromatic rings. The minimum Gasteiger partial charge on any atom is -0.211 e. The number of rotatable bonds is 0. The Labute approximate surface area is 44.2 Å². The van der Waals surface area contributed by atoms with Crippen molar-refractivity contribution >= 4 is 0 Å². The Morgan fingerprint density at radius 1 is 1.57 bits per heavy atom. The molecule has 0 radical (unpaired) electrons. The average molecular weight is 93.1 g/mol. The minimum atomic E-state index is 1.36. The summed E-state index contributed by atoms with van der Waals surface area (Å²) in [6.45, 7) is 4.21. The summed E-state index contributed by atoms with van der Waals surface area (Å²) < 4.78 is 0. The van der Waals surface area contributed by atoms with Crippen LogP contribution >= 0.6 is 0 Å². The van der Waals surface area contributed by atoms with E-state index >= 15 is 0 Å². The first kappa shape index (κ1) is 4.51. The van der Waals surface area contributed by atoms with Crippen molar-refractivity contribution in [1.29, 1.82) is 0 Å². The van der Waals surface area contributed by atoms with Crippen LogP contribution in [0.15, 0.2) is 18.2 Å². The maximum atomic E-state index is 2.17. The molecule has 0 heterocycles. The van der Waals surface area contributed by atoms with Crippen molar-refractivity contribution in [3.63, 3.8) is 0 Å². The predicted octanol–water partition coefficient (Wildman–Crippen LogP) is 2.02. The SMILES string of the molecule is Cc1cc[c-](C)c1. The molecule has 0 saturated heterocycles. The van der Waals surface area contributed by atoms with Gasteiger partial charge in [-0.25, -0.2) is 11.6 Å². The lowest BCUT2D eigenvalue weighted by Gasteiger charge is -1.83. The highest BCUT2D eigenvalue weighted by Crippen LogP contribution is 2.02. The summed E-state index contributed by atoms with van der Waals surface area (Å²) >= 11 is 0. The van der Waals surface area contributed by atoms with E-state index < -0.39 is 0 Å². The molecule has 0 amide bonds. The van der Waals surface area contributed by atoms with Gasteiger partial charge in [-0.05, 0) is 0 Å². The van der Waals surface area contributed by atoms with Crippen LogP contribution in [-0.4, -0.2) is 0 Å². The second-order valence-electron chi connectivity index (χ2n) is 1.97. The molecule has 0 bridgehead atoms.